The third kappa shape index (κ3) is 5.72. The summed E-state index contributed by atoms with van der Waals surface area (Å²) in [5, 5.41) is 0. The Bertz CT molecular complexity index is 544. The summed E-state index contributed by atoms with van der Waals surface area (Å²) in [5.74, 6) is 0.806. The van der Waals surface area contributed by atoms with Crippen LogP contribution in [0.1, 0.15) is 60.5 Å². The smallest absolute Gasteiger partial charge is 0.141 e. The summed E-state index contributed by atoms with van der Waals surface area (Å²) < 4.78 is 0.914. The molecule has 0 aliphatic rings. The van der Waals surface area contributed by atoms with Gasteiger partial charge in [0.1, 0.15) is 5.78 Å². The van der Waals surface area contributed by atoms with Gasteiger partial charge in [0.05, 0.1) is 4.20 Å². The van der Waals surface area contributed by atoms with Crippen LogP contribution in [0.3, 0.4) is 0 Å². The van der Waals surface area contributed by atoms with Gasteiger partial charge in [-0.05, 0) is 17.9 Å². The summed E-state index contributed by atoms with van der Waals surface area (Å²) in [5.41, 5.74) is 0.810. The molecule has 128 valence electrons. The number of hydrogen-bond donors (Lipinski definition) is 0. The average molecular weight is 351 g/mol. The molecule has 0 aliphatic heterocycles. The minimum Gasteiger partial charge on any atom is -0.299 e. The van der Waals surface area contributed by atoms with Gasteiger partial charge in [0, 0.05) is 16.1 Å². The molecule has 1 unspecified atom stereocenters. The summed E-state index contributed by atoms with van der Waals surface area (Å²) in [7, 11) is 0. The number of carbonyl (C=O) groups excluding carboxylic acids is 1. The highest BCUT2D eigenvalue weighted by Crippen LogP contribution is 2.41. The lowest BCUT2D eigenvalue weighted by molar-refractivity contribution is -0.131. The van der Waals surface area contributed by atoms with E-state index in [9.17, 15) is 4.79 Å². The zero-order valence-corrected chi connectivity index (χ0v) is 17.1. The molecule has 1 atom stereocenters. The molecule has 23 heavy (non-hydrogen) atoms. The van der Waals surface area contributed by atoms with Crippen molar-refractivity contribution in [3.8, 4) is 0 Å². The number of ketones is 1. The Hall–Kier alpha value is -0.670. The van der Waals surface area contributed by atoms with E-state index in [0.717, 1.165) is 16.2 Å². The second kappa shape index (κ2) is 7.94. The zero-order chi connectivity index (χ0) is 17.8. The van der Waals surface area contributed by atoms with E-state index in [2.05, 4.69) is 46.8 Å². The first-order valence-corrected chi connectivity index (χ1v) is 9.52. The normalized spacial score (nSPS) is 13.9. The van der Waals surface area contributed by atoms with Crippen LogP contribution in [0.4, 0.5) is 0 Å². The second-order valence-corrected chi connectivity index (χ2v) is 10.2. The van der Waals surface area contributed by atoms with Gasteiger partial charge in [0.25, 0.3) is 0 Å². The molecule has 0 fully saturated rings. The number of thiocarbonyl (C=S) groups is 1. The van der Waals surface area contributed by atoms with Crippen molar-refractivity contribution < 1.29 is 4.79 Å². The topological polar surface area (TPSA) is 17.1 Å². The van der Waals surface area contributed by atoms with E-state index < -0.39 is 0 Å². The van der Waals surface area contributed by atoms with Crippen molar-refractivity contribution in [2.75, 3.05) is 0 Å². The Kier molecular flexibility index (Phi) is 7.03. The lowest BCUT2D eigenvalue weighted by Gasteiger charge is -2.37. The van der Waals surface area contributed by atoms with Crippen LogP contribution < -0.4 is 0 Å². The fourth-order valence-corrected chi connectivity index (χ4v) is 4.66. The van der Waals surface area contributed by atoms with Crippen LogP contribution >= 0.6 is 24.0 Å². The first-order chi connectivity index (χ1) is 10.5. The third-order valence-corrected chi connectivity index (χ3v) is 6.40. The highest BCUT2D eigenvalue weighted by Gasteiger charge is 2.37. The van der Waals surface area contributed by atoms with Crippen molar-refractivity contribution in [3.05, 3.63) is 35.9 Å². The highest BCUT2D eigenvalue weighted by molar-refractivity contribution is 8.24. The predicted molar refractivity (Wildman–Crippen MR) is 107 cm³/mol. The van der Waals surface area contributed by atoms with Crippen molar-refractivity contribution in [2.24, 2.45) is 17.3 Å². The molecule has 0 spiro atoms. The van der Waals surface area contributed by atoms with Crippen LogP contribution in [0.2, 0.25) is 0 Å². The summed E-state index contributed by atoms with van der Waals surface area (Å²) in [4.78, 5) is 12.4. The Morgan fingerprint density at radius 2 is 1.61 bits per heavy atom. The van der Waals surface area contributed by atoms with Gasteiger partial charge < -0.3 is 0 Å². The molecule has 0 saturated heterocycles. The SMILES string of the molecule is CC(C)C(=O)C(C)(C)CC(C)C(C)(C)SC(=S)c1ccccc1. The minimum atomic E-state index is -0.292. The fraction of sp³-hybridized carbons (Fsp3) is 0.600. The largest absolute Gasteiger partial charge is 0.299 e. The average Bonchev–Trinajstić information content (AvgIpc) is 2.46. The van der Waals surface area contributed by atoms with Crippen molar-refractivity contribution in [1.29, 1.82) is 0 Å². The molecule has 0 N–H and O–H groups in total. The standard InChI is InChI=1S/C20H30OS2/c1-14(2)17(21)19(4,5)13-15(3)20(6,7)23-18(22)16-11-9-8-10-12-16/h8-12,14-15H,13H2,1-7H3. The van der Waals surface area contributed by atoms with Gasteiger partial charge in [0.15, 0.2) is 0 Å². The molecule has 1 nitrogen and oxygen atoms in total. The quantitative estimate of drug-likeness (QED) is 0.549. The van der Waals surface area contributed by atoms with Gasteiger partial charge in [-0.2, -0.15) is 0 Å². The van der Waals surface area contributed by atoms with Crippen LogP contribution in [-0.4, -0.2) is 14.7 Å². The van der Waals surface area contributed by atoms with E-state index in [4.69, 9.17) is 12.2 Å². The van der Waals surface area contributed by atoms with Gasteiger partial charge in [0.2, 0.25) is 0 Å². The summed E-state index contributed by atoms with van der Waals surface area (Å²) in [6, 6.07) is 10.2. The molecule has 0 amide bonds. The fourth-order valence-electron chi connectivity index (χ4n) is 2.87. The Morgan fingerprint density at radius 1 is 1.09 bits per heavy atom. The molecule has 1 aromatic rings. The highest BCUT2D eigenvalue weighted by atomic mass is 32.2. The maximum absolute atomic E-state index is 12.4. The maximum atomic E-state index is 12.4. The summed E-state index contributed by atoms with van der Waals surface area (Å²) >= 11 is 7.36. The van der Waals surface area contributed by atoms with Crippen LogP contribution in [0.25, 0.3) is 0 Å². The van der Waals surface area contributed by atoms with Crippen molar-refractivity contribution >= 4 is 34.0 Å². The third-order valence-electron chi connectivity index (χ3n) is 4.56. The first-order valence-electron chi connectivity index (χ1n) is 8.30. The molecule has 1 rings (SSSR count). The number of Topliss-reactive ketones (excluding diaryl/α,β-unsaturated/α-hetero) is 1. The van der Waals surface area contributed by atoms with E-state index >= 15 is 0 Å². The maximum Gasteiger partial charge on any atom is 0.141 e. The summed E-state index contributed by atoms with van der Waals surface area (Å²) in [6.45, 7) is 14.8. The van der Waals surface area contributed by atoms with Crippen molar-refractivity contribution in [1.82, 2.24) is 0 Å². The van der Waals surface area contributed by atoms with Gasteiger partial charge in [-0.3, -0.25) is 4.79 Å². The van der Waals surface area contributed by atoms with Gasteiger partial charge >= 0.3 is 0 Å². The van der Waals surface area contributed by atoms with E-state index in [1.165, 1.54) is 0 Å². The van der Waals surface area contributed by atoms with Gasteiger partial charge in [-0.25, -0.2) is 0 Å². The number of thioether (sulfide) groups is 1. The van der Waals surface area contributed by atoms with E-state index in [1.54, 1.807) is 11.8 Å². The Morgan fingerprint density at radius 3 is 2.09 bits per heavy atom. The zero-order valence-electron chi connectivity index (χ0n) is 15.5. The van der Waals surface area contributed by atoms with E-state index in [0.29, 0.717) is 11.7 Å². The molecular formula is C20H30OS2. The molecule has 0 saturated carbocycles. The van der Waals surface area contributed by atoms with Crippen LogP contribution in [0.15, 0.2) is 30.3 Å². The molecule has 0 aliphatic carbocycles. The number of carbonyl (C=O) groups is 1. The molecule has 0 radical (unpaired) electrons. The lowest BCUT2D eigenvalue weighted by atomic mass is 9.73. The molecule has 0 heterocycles. The molecule has 0 bridgehead atoms. The minimum absolute atomic E-state index is 0.0124. The summed E-state index contributed by atoms with van der Waals surface area (Å²) in [6.07, 6.45) is 0.876. The van der Waals surface area contributed by atoms with Crippen molar-refractivity contribution in [2.45, 2.75) is 59.6 Å². The number of rotatable bonds is 7. The molecule has 1 aromatic carbocycles. The van der Waals surface area contributed by atoms with E-state index in [-0.39, 0.29) is 16.1 Å². The number of benzene rings is 1. The monoisotopic (exact) mass is 350 g/mol. The molecule has 3 heteroatoms. The second-order valence-electron chi connectivity index (χ2n) is 7.87. The van der Waals surface area contributed by atoms with Crippen LogP contribution in [0.5, 0.6) is 0 Å². The van der Waals surface area contributed by atoms with Gasteiger partial charge in [-0.15, -0.1) is 11.8 Å². The Balaban J connectivity index is 2.79. The van der Waals surface area contributed by atoms with Crippen molar-refractivity contribution in [3.63, 3.8) is 0 Å². The number of hydrogen-bond acceptors (Lipinski definition) is 3. The van der Waals surface area contributed by atoms with Gasteiger partial charge in [-0.1, -0.05) is 91.0 Å². The molecular weight excluding hydrogens is 320 g/mol. The lowest BCUT2D eigenvalue weighted by Crippen LogP contribution is -2.36. The van der Waals surface area contributed by atoms with Crippen LogP contribution in [0, 0.1) is 17.3 Å². The Labute approximate surface area is 151 Å². The molecule has 0 aromatic heterocycles. The van der Waals surface area contributed by atoms with E-state index in [1.807, 2.05) is 32.0 Å². The first kappa shape index (κ1) is 20.4. The van der Waals surface area contributed by atoms with Crippen LogP contribution in [-0.2, 0) is 4.79 Å². The predicted octanol–water partition coefficient (Wildman–Crippen LogP) is 6.15.